The highest BCUT2D eigenvalue weighted by molar-refractivity contribution is 5.73. The van der Waals surface area contributed by atoms with E-state index in [-0.39, 0.29) is 17.6 Å². The zero-order chi connectivity index (χ0) is 24.3. The van der Waals surface area contributed by atoms with Crippen molar-refractivity contribution in [3.63, 3.8) is 0 Å². The monoisotopic (exact) mass is 454 g/mol. The maximum absolute atomic E-state index is 13.0. The van der Waals surface area contributed by atoms with Gasteiger partial charge in [0, 0.05) is 24.1 Å². The zero-order valence-corrected chi connectivity index (χ0v) is 21.3. The lowest BCUT2D eigenvalue weighted by atomic mass is 9.73. The normalized spacial score (nSPS) is 24.7. The van der Waals surface area contributed by atoms with Gasteiger partial charge in [0.25, 0.3) is 0 Å². The molecule has 2 N–H and O–H groups in total. The minimum atomic E-state index is -0.477. The molecule has 182 valence electrons. The van der Waals surface area contributed by atoms with E-state index in [1.807, 2.05) is 40.0 Å². The average Bonchev–Trinajstić information content (AvgIpc) is 3.45. The van der Waals surface area contributed by atoms with E-state index >= 15 is 0 Å². The van der Waals surface area contributed by atoms with E-state index in [4.69, 9.17) is 4.74 Å². The number of aryl methyl sites for hydroxylation is 1. The van der Waals surface area contributed by atoms with E-state index in [1.165, 1.54) is 5.57 Å². The molecule has 2 aliphatic rings. The number of benzene rings is 1. The van der Waals surface area contributed by atoms with Gasteiger partial charge in [0.1, 0.15) is 11.5 Å². The number of unbranched alkanes of at least 4 members (excludes halogenated alkanes) is 2. The third-order valence-corrected chi connectivity index (χ3v) is 7.28. The maximum Gasteiger partial charge on any atom is 0.413 e. The number of carbonyl (C=O) groups is 1. The number of carbonyl (C=O) groups excluding carboxylic acids is 1. The Balaban J connectivity index is 1.95. The molecule has 5 nitrogen and oxygen atoms in total. The van der Waals surface area contributed by atoms with Crippen molar-refractivity contribution in [2.24, 2.45) is 5.92 Å². The van der Waals surface area contributed by atoms with Crippen molar-refractivity contribution in [2.75, 3.05) is 13.6 Å². The fourth-order valence-electron chi connectivity index (χ4n) is 5.19. The number of rotatable bonds is 9. The molecule has 1 saturated heterocycles. The van der Waals surface area contributed by atoms with E-state index in [0.717, 1.165) is 56.2 Å². The van der Waals surface area contributed by atoms with E-state index in [2.05, 4.69) is 36.7 Å². The summed E-state index contributed by atoms with van der Waals surface area (Å²) in [6.45, 7) is 15.6. The second-order valence-electron chi connectivity index (χ2n) is 10.7. The van der Waals surface area contributed by atoms with Gasteiger partial charge in [-0.25, -0.2) is 4.79 Å². The Kier molecular flexibility index (Phi) is 7.94. The van der Waals surface area contributed by atoms with Crippen molar-refractivity contribution in [3.8, 4) is 11.5 Å². The number of phenolic OH excluding ortho intramolecular Hbond substituents is 1. The second-order valence-corrected chi connectivity index (χ2v) is 10.7. The molecule has 1 aromatic carbocycles. The lowest BCUT2D eigenvalue weighted by Crippen LogP contribution is -2.50. The van der Waals surface area contributed by atoms with Crippen LogP contribution >= 0.6 is 0 Å². The number of ether oxygens (including phenoxy) is 1. The standard InChI is InChI=1S/C28H42N2O3/c1-8-9-10-11-20-15-23(31)26(22-14-19(4)12-13-21(22)18(2)3)24(16-20)33-27(32)29-28(5,6)25-17-30(25)7/h14-16,21-22,25,31H,2,8-13,17H2,1,3-7H3,(H,29,32)/t21-,22+,25?,30?/m0/s1. The van der Waals surface area contributed by atoms with E-state index < -0.39 is 11.6 Å². The molecule has 2 unspecified atom stereocenters. The van der Waals surface area contributed by atoms with Crippen LogP contribution in [0.5, 0.6) is 11.5 Å². The highest BCUT2D eigenvalue weighted by atomic mass is 16.6. The number of aromatic hydroxyl groups is 1. The number of nitrogens with one attached hydrogen (secondary N) is 1. The molecule has 1 heterocycles. The summed E-state index contributed by atoms with van der Waals surface area (Å²) in [5, 5.41) is 14.2. The lowest BCUT2D eigenvalue weighted by molar-refractivity contribution is 0.185. The fourth-order valence-corrected chi connectivity index (χ4v) is 5.19. The van der Waals surface area contributed by atoms with E-state index in [1.54, 1.807) is 0 Å². The molecule has 0 spiro atoms. The van der Waals surface area contributed by atoms with E-state index in [9.17, 15) is 9.90 Å². The number of hydrogen-bond donors (Lipinski definition) is 2. The molecule has 4 atom stereocenters. The average molecular weight is 455 g/mol. The van der Waals surface area contributed by atoms with E-state index in [0.29, 0.717) is 17.4 Å². The molecule has 5 heteroatoms. The van der Waals surface area contributed by atoms with Crippen molar-refractivity contribution in [3.05, 3.63) is 47.1 Å². The largest absolute Gasteiger partial charge is 0.507 e. The minimum Gasteiger partial charge on any atom is -0.507 e. The van der Waals surface area contributed by atoms with Crippen LogP contribution in [-0.4, -0.2) is 41.3 Å². The quantitative estimate of drug-likeness (QED) is 0.260. The molecule has 1 aliphatic heterocycles. The highest BCUT2D eigenvalue weighted by Crippen LogP contribution is 2.47. The fraction of sp³-hybridized carbons (Fsp3) is 0.607. The van der Waals surface area contributed by atoms with Crippen LogP contribution in [0.4, 0.5) is 4.79 Å². The van der Waals surface area contributed by atoms with Crippen LogP contribution in [0.25, 0.3) is 0 Å². The maximum atomic E-state index is 13.0. The number of phenols is 1. The van der Waals surface area contributed by atoms with Crippen LogP contribution in [0.1, 0.15) is 83.8 Å². The third-order valence-electron chi connectivity index (χ3n) is 7.28. The molecule has 1 fully saturated rings. The van der Waals surface area contributed by atoms with Gasteiger partial charge in [0.2, 0.25) is 0 Å². The summed E-state index contributed by atoms with van der Waals surface area (Å²) in [6, 6.07) is 4.11. The van der Waals surface area contributed by atoms with Gasteiger partial charge in [-0.3, -0.25) is 4.90 Å². The first-order chi connectivity index (χ1) is 15.5. The molecule has 3 rings (SSSR count). The Morgan fingerprint density at radius 3 is 2.64 bits per heavy atom. The van der Waals surface area contributed by atoms with Crippen molar-refractivity contribution in [1.82, 2.24) is 10.2 Å². The predicted octanol–water partition coefficient (Wildman–Crippen LogP) is 6.32. The molecular weight excluding hydrogens is 412 g/mol. The van der Waals surface area contributed by atoms with Gasteiger partial charge in [-0.1, -0.05) is 43.6 Å². The van der Waals surface area contributed by atoms with Gasteiger partial charge in [-0.2, -0.15) is 0 Å². The molecule has 1 aliphatic carbocycles. The van der Waals surface area contributed by atoms with Crippen LogP contribution in [-0.2, 0) is 6.42 Å². The summed E-state index contributed by atoms with van der Waals surface area (Å²) < 4.78 is 5.95. The number of likely N-dealkylation sites (N-methyl/N-ethyl adjacent to an activating group) is 1. The SMILES string of the molecule is C=C(C)[C@@H]1CCC(C)=C[C@H]1c1c(O)cc(CCCCC)cc1OC(=O)NC(C)(C)C1CN1C. The van der Waals surface area contributed by atoms with Gasteiger partial charge in [-0.15, -0.1) is 0 Å². The summed E-state index contributed by atoms with van der Waals surface area (Å²) in [4.78, 5) is 15.2. The molecule has 1 amide bonds. The Bertz CT molecular complexity index is 918. The van der Waals surface area contributed by atoms with Gasteiger partial charge < -0.3 is 15.2 Å². The predicted molar refractivity (Wildman–Crippen MR) is 135 cm³/mol. The first kappa shape index (κ1) is 25.4. The summed E-state index contributed by atoms with van der Waals surface area (Å²) in [7, 11) is 2.05. The Hall–Kier alpha value is -2.27. The lowest BCUT2D eigenvalue weighted by Gasteiger charge is -2.32. The molecule has 0 radical (unpaired) electrons. The molecular formula is C28H42N2O3. The van der Waals surface area contributed by atoms with Crippen molar-refractivity contribution >= 4 is 6.09 Å². The van der Waals surface area contributed by atoms with Crippen molar-refractivity contribution in [2.45, 2.75) is 90.6 Å². The summed E-state index contributed by atoms with van der Waals surface area (Å²) >= 11 is 0. The number of nitrogens with zero attached hydrogens (tertiary/aromatic N) is 1. The van der Waals surface area contributed by atoms with Gasteiger partial charge in [-0.05, 0) is 84.0 Å². The number of allylic oxidation sites excluding steroid dienone is 3. The van der Waals surface area contributed by atoms with Gasteiger partial charge in [0.15, 0.2) is 0 Å². The third kappa shape index (κ3) is 6.20. The Labute approximate surface area is 199 Å². The van der Waals surface area contributed by atoms with Gasteiger partial charge >= 0.3 is 6.09 Å². The molecule has 1 aromatic rings. The summed E-state index contributed by atoms with van der Waals surface area (Å²) in [5.74, 6) is 0.801. The van der Waals surface area contributed by atoms with Gasteiger partial charge in [0.05, 0.1) is 5.54 Å². The smallest absolute Gasteiger partial charge is 0.413 e. The molecule has 33 heavy (non-hydrogen) atoms. The first-order valence-corrected chi connectivity index (χ1v) is 12.4. The van der Waals surface area contributed by atoms with Crippen molar-refractivity contribution < 1.29 is 14.6 Å². The van der Waals surface area contributed by atoms with Crippen LogP contribution in [0.3, 0.4) is 0 Å². The zero-order valence-electron chi connectivity index (χ0n) is 21.3. The van der Waals surface area contributed by atoms with Crippen LogP contribution in [0, 0.1) is 5.92 Å². The summed E-state index contributed by atoms with van der Waals surface area (Å²) in [5.41, 5.74) is 3.67. The summed E-state index contributed by atoms with van der Waals surface area (Å²) in [6.07, 6.45) is 7.88. The Morgan fingerprint density at radius 1 is 1.33 bits per heavy atom. The molecule has 0 bridgehead atoms. The molecule has 0 aromatic heterocycles. The van der Waals surface area contributed by atoms with Crippen LogP contribution in [0.2, 0.25) is 0 Å². The topological polar surface area (TPSA) is 61.6 Å². The first-order valence-electron chi connectivity index (χ1n) is 12.4. The van der Waals surface area contributed by atoms with Crippen LogP contribution < -0.4 is 10.1 Å². The second kappa shape index (κ2) is 10.3. The number of amides is 1. The number of hydrogen-bond acceptors (Lipinski definition) is 4. The Morgan fingerprint density at radius 2 is 2.03 bits per heavy atom. The minimum absolute atomic E-state index is 0.0636. The highest BCUT2D eigenvalue weighted by Gasteiger charge is 2.44. The van der Waals surface area contributed by atoms with Crippen molar-refractivity contribution in [1.29, 1.82) is 0 Å². The van der Waals surface area contributed by atoms with Crippen LogP contribution in [0.15, 0.2) is 35.9 Å². The molecule has 0 saturated carbocycles.